The molecule has 4 rings (SSSR count). The van der Waals surface area contributed by atoms with Crippen molar-refractivity contribution in [3.8, 4) is 11.1 Å². The van der Waals surface area contributed by atoms with Crippen molar-refractivity contribution < 1.29 is 13.2 Å². The zero-order chi connectivity index (χ0) is 20.6. The molecule has 2 aromatic carbocycles. The van der Waals surface area contributed by atoms with Crippen LogP contribution in [-0.2, 0) is 34.1 Å². The molecular weight excluding hydrogens is 386 g/mol. The molecular formula is C22H23N3O3S. The molecule has 3 aromatic rings. The molecule has 1 amide bonds. The Hall–Kier alpha value is -3.06. The summed E-state index contributed by atoms with van der Waals surface area (Å²) in [6.07, 6.45) is 4.40. The van der Waals surface area contributed by atoms with Crippen molar-refractivity contribution in [2.45, 2.75) is 32.1 Å². The van der Waals surface area contributed by atoms with E-state index in [1.165, 1.54) is 11.3 Å². The van der Waals surface area contributed by atoms with Crippen molar-refractivity contribution in [1.82, 2.24) is 4.98 Å². The smallest absolute Gasteiger partial charge is 0.254 e. The fourth-order valence-corrected chi connectivity index (χ4v) is 4.64. The molecule has 29 heavy (non-hydrogen) atoms. The van der Waals surface area contributed by atoms with Gasteiger partial charge in [-0.05, 0) is 60.1 Å². The van der Waals surface area contributed by atoms with E-state index >= 15 is 0 Å². The van der Waals surface area contributed by atoms with Gasteiger partial charge in [-0.25, -0.2) is 8.42 Å². The topological polar surface area (TPSA) is 105 Å². The fourth-order valence-electron chi connectivity index (χ4n) is 4.10. The third-order valence-corrected chi connectivity index (χ3v) is 6.31. The monoisotopic (exact) mass is 409 g/mol. The highest BCUT2D eigenvalue weighted by atomic mass is 32.2. The molecule has 0 saturated carbocycles. The molecule has 0 bridgehead atoms. The second-order valence-electron chi connectivity index (χ2n) is 7.35. The number of primary amides is 1. The van der Waals surface area contributed by atoms with Gasteiger partial charge >= 0.3 is 0 Å². The summed E-state index contributed by atoms with van der Waals surface area (Å²) in [6.45, 7) is 3.33. The summed E-state index contributed by atoms with van der Waals surface area (Å²) in [5, 5.41) is 1.99. The molecule has 1 heterocycles. The van der Waals surface area contributed by atoms with Crippen molar-refractivity contribution in [3.05, 3.63) is 65.2 Å². The summed E-state index contributed by atoms with van der Waals surface area (Å²) in [6, 6.07) is 11.2. The standard InChI is InChI=1S/C22H23N3O3S/c1-2-29(27,28)25-16-7-5-6-14(12-16)17-11-10-15(13-20(23)26)22-21(17)18-8-3-4-9-19(18)24-22/h2,5-7,10-12,24-25H,1,3-4,8-9,13H2,(H2,23,26). The minimum absolute atomic E-state index is 0.176. The largest absolute Gasteiger partial charge is 0.369 e. The highest BCUT2D eigenvalue weighted by Gasteiger charge is 2.21. The number of fused-ring (bicyclic) bond motifs is 3. The average Bonchev–Trinajstić information content (AvgIpc) is 3.08. The summed E-state index contributed by atoms with van der Waals surface area (Å²) in [5.74, 6) is -0.368. The van der Waals surface area contributed by atoms with Gasteiger partial charge in [-0.15, -0.1) is 0 Å². The van der Waals surface area contributed by atoms with Crippen LogP contribution in [-0.4, -0.2) is 19.3 Å². The highest BCUT2D eigenvalue weighted by Crippen LogP contribution is 2.38. The van der Waals surface area contributed by atoms with E-state index < -0.39 is 10.0 Å². The van der Waals surface area contributed by atoms with Crippen molar-refractivity contribution in [2.75, 3.05) is 4.72 Å². The Balaban J connectivity index is 1.89. The second kappa shape index (κ2) is 7.40. The number of benzene rings is 2. The molecule has 4 N–H and O–H groups in total. The summed E-state index contributed by atoms with van der Waals surface area (Å²) < 4.78 is 26.2. The number of nitrogens with two attached hydrogens (primary N) is 1. The molecule has 0 aliphatic heterocycles. The first kappa shape index (κ1) is 19.3. The van der Waals surface area contributed by atoms with Crippen LogP contribution in [0.15, 0.2) is 48.4 Å². The number of sulfonamides is 1. The van der Waals surface area contributed by atoms with E-state index in [9.17, 15) is 13.2 Å². The Bertz CT molecular complexity index is 1230. The summed E-state index contributed by atoms with van der Waals surface area (Å²) in [4.78, 5) is 15.1. The third-order valence-electron chi connectivity index (χ3n) is 5.35. The number of hydrogen-bond donors (Lipinski definition) is 3. The zero-order valence-corrected chi connectivity index (χ0v) is 16.8. The van der Waals surface area contributed by atoms with Crippen LogP contribution in [0.5, 0.6) is 0 Å². The first-order chi connectivity index (χ1) is 13.9. The van der Waals surface area contributed by atoms with Gasteiger partial charge in [-0.1, -0.05) is 30.8 Å². The fraction of sp³-hybridized carbons (Fsp3) is 0.227. The Morgan fingerprint density at radius 2 is 2.00 bits per heavy atom. The van der Waals surface area contributed by atoms with Gasteiger partial charge in [0.1, 0.15) is 0 Å². The van der Waals surface area contributed by atoms with E-state index in [1.54, 1.807) is 6.07 Å². The Morgan fingerprint density at radius 3 is 2.76 bits per heavy atom. The molecule has 0 saturated heterocycles. The molecule has 1 aliphatic carbocycles. The lowest BCUT2D eigenvalue weighted by Gasteiger charge is -2.14. The SMILES string of the molecule is C=CS(=O)(=O)Nc1cccc(-c2ccc(CC(N)=O)c3[nH]c4c(c23)CCCC4)c1. The molecule has 0 unspecified atom stereocenters. The zero-order valence-electron chi connectivity index (χ0n) is 16.0. The van der Waals surface area contributed by atoms with Crippen molar-refractivity contribution in [1.29, 1.82) is 0 Å². The first-order valence-electron chi connectivity index (χ1n) is 9.57. The quantitative estimate of drug-likeness (QED) is 0.579. The van der Waals surface area contributed by atoms with Crippen molar-refractivity contribution >= 4 is 32.5 Å². The van der Waals surface area contributed by atoms with Crippen LogP contribution in [0.1, 0.15) is 29.7 Å². The molecule has 0 atom stereocenters. The second-order valence-corrected chi connectivity index (χ2v) is 8.98. The molecule has 7 heteroatoms. The minimum Gasteiger partial charge on any atom is -0.369 e. The summed E-state index contributed by atoms with van der Waals surface area (Å²) in [5.41, 5.74) is 12.2. The Kier molecular flexibility index (Phi) is 4.92. The molecule has 0 spiro atoms. The number of aromatic amines is 1. The van der Waals surface area contributed by atoms with Crippen LogP contribution >= 0.6 is 0 Å². The van der Waals surface area contributed by atoms with Gasteiger partial charge in [0.05, 0.1) is 11.9 Å². The van der Waals surface area contributed by atoms with Crippen LogP contribution in [0.25, 0.3) is 22.0 Å². The van der Waals surface area contributed by atoms with Crippen molar-refractivity contribution in [3.63, 3.8) is 0 Å². The predicted molar refractivity (Wildman–Crippen MR) is 116 cm³/mol. The molecule has 6 nitrogen and oxygen atoms in total. The van der Waals surface area contributed by atoms with Gasteiger partial charge in [-0.3, -0.25) is 9.52 Å². The lowest BCUT2D eigenvalue weighted by molar-refractivity contribution is -0.117. The normalized spacial score (nSPS) is 13.8. The molecule has 0 radical (unpaired) electrons. The van der Waals surface area contributed by atoms with Gasteiger partial charge in [0.25, 0.3) is 10.0 Å². The number of nitrogens with one attached hydrogen (secondary N) is 2. The average molecular weight is 410 g/mol. The molecule has 1 aromatic heterocycles. The van der Waals surface area contributed by atoms with E-state index in [0.29, 0.717) is 5.69 Å². The Morgan fingerprint density at radius 1 is 1.21 bits per heavy atom. The van der Waals surface area contributed by atoms with E-state index in [0.717, 1.165) is 58.7 Å². The lowest BCUT2D eigenvalue weighted by atomic mass is 9.90. The van der Waals surface area contributed by atoms with Gasteiger partial charge in [0.2, 0.25) is 5.91 Å². The van der Waals surface area contributed by atoms with Gasteiger partial charge in [0, 0.05) is 22.2 Å². The van der Waals surface area contributed by atoms with E-state index in [2.05, 4.69) is 16.3 Å². The number of carbonyl (C=O) groups excluding carboxylic acids is 1. The number of carbonyl (C=O) groups is 1. The molecule has 0 fully saturated rings. The third kappa shape index (κ3) is 3.78. The van der Waals surface area contributed by atoms with Crippen LogP contribution in [0.3, 0.4) is 0 Å². The van der Waals surface area contributed by atoms with Crippen LogP contribution < -0.4 is 10.5 Å². The van der Waals surface area contributed by atoms with E-state index in [-0.39, 0.29) is 12.3 Å². The minimum atomic E-state index is -3.58. The number of aryl methyl sites for hydroxylation is 2. The number of amides is 1. The Labute approximate surface area is 169 Å². The van der Waals surface area contributed by atoms with Crippen LogP contribution in [0, 0.1) is 0 Å². The maximum atomic E-state index is 11.8. The first-order valence-corrected chi connectivity index (χ1v) is 11.1. The summed E-state index contributed by atoms with van der Waals surface area (Å²) in [7, 11) is -3.58. The number of rotatable bonds is 6. The molecule has 1 aliphatic rings. The maximum absolute atomic E-state index is 11.8. The van der Waals surface area contributed by atoms with Gasteiger partial charge in [0.15, 0.2) is 0 Å². The van der Waals surface area contributed by atoms with Gasteiger partial charge in [-0.2, -0.15) is 0 Å². The number of aromatic nitrogens is 1. The highest BCUT2D eigenvalue weighted by molar-refractivity contribution is 7.95. The maximum Gasteiger partial charge on any atom is 0.254 e. The van der Waals surface area contributed by atoms with Crippen LogP contribution in [0.2, 0.25) is 0 Å². The number of anilines is 1. The van der Waals surface area contributed by atoms with E-state index in [4.69, 9.17) is 5.73 Å². The molecule has 150 valence electrons. The number of H-pyrrole nitrogens is 1. The summed E-state index contributed by atoms with van der Waals surface area (Å²) >= 11 is 0. The predicted octanol–water partition coefficient (Wildman–Crippen LogP) is 3.63. The van der Waals surface area contributed by atoms with Crippen LogP contribution in [0.4, 0.5) is 5.69 Å². The number of hydrogen-bond acceptors (Lipinski definition) is 3. The van der Waals surface area contributed by atoms with E-state index in [1.807, 2.05) is 30.3 Å². The lowest BCUT2D eigenvalue weighted by Crippen LogP contribution is -2.13. The van der Waals surface area contributed by atoms with Gasteiger partial charge < -0.3 is 10.7 Å². The van der Waals surface area contributed by atoms with Crippen molar-refractivity contribution in [2.24, 2.45) is 5.73 Å².